The first-order valence-corrected chi connectivity index (χ1v) is 39.3. The van der Waals surface area contributed by atoms with Crippen LogP contribution in [0.25, 0.3) is 0 Å². The minimum absolute atomic E-state index is 1.37. The van der Waals surface area contributed by atoms with Gasteiger partial charge in [0.2, 0.25) is 0 Å². The van der Waals surface area contributed by atoms with Crippen molar-refractivity contribution < 1.29 is 0 Å². The van der Waals surface area contributed by atoms with Gasteiger partial charge in [-0.3, -0.25) is 0 Å². The standard InChI is InChI=1S/C68H140BrP/c1-5-9-13-17-21-25-29-33-37-41-45-49-53-57-61-65-70(69,66-62-58-54-50-46-42-38-34-30-26-22-18-14-10-6-2,67-63-59-55-51-47-43-39-35-31-27-23-19-15-11-7-3)68-64-60-56-52-48-44-40-36-32-28-24-20-16-12-8-4/h5-68H2,1-4H3. The average molecular weight is 1070 g/mol. The minimum Gasteiger partial charge on any atom is -0.0654 e. The van der Waals surface area contributed by atoms with Crippen molar-refractivity contribution in [3.63, 3.8) is 0 Å². The van der Waals surface area contributed by atoms with Crippen molar-refractivity contribution in [1.82, 2.24) is 0 Å². The van der Waals surface area contributed by atoms with E-state index in [-0.39, 0.29) is 0 Å². The maximum atomic E-state index is 4.99. The summed E-state index contributed by atoms with van der Waals surface area (Å²) >= 11 is 4.99. The first kappa shape index (κ1) is 70.9. The molecule has 0 aliphatic rings. The second-order valence-corrected chi connectivity index (χ2v) is 36.0. The summed E-state index contributed by atoms with van der Waals surface area (Å²) in [6, 6.07) is 0. The molecule has 0 heterocycles. The van der Waals surface area contributed by atoms with Crippen LogP contribution in [0.3, 0.4) is 0 Å². The second kappa shape index (κ2) is 59.2. The number of halogens is 1. The van der Waals surface area contributed by atoms with Crippen molar-refractivity contribution >= 4 is 20.8 Å². The summed E-state index contributed by atoms with van der Waals surface area (Å²) in [5.41, 5.74) is 0. The van der Waals surface area contributed by atoms with Crippen molar-refractivity contribution in [2.24, 2.45) is 0 Å². The van der Waals surface area contributed by atoms with Crippen LogP contribution in [-0.2, 0) is 0 Å². The zero-order valence-corrected chi connectivity index (χ0v) is 52.6. The third kappa shape index (κ3) is 53.7. The Kier molecular flexibility index (Phi) is 59.9. The molecule has 0 nitrogen and oxygen atoms in total. The Morgan fingerprint density at radius 2 is 0.229 bits per heavy atom. The summed E-state index contributed by atoms with van der Waals surface area (Å²) in [5, 5.41) is -1.91. The Balaban J connectivity index is 5.09. The van der Waals surface area contributed by atoms with Gasteiger partial charge in [0.25, 0.3) is 0 Å². The van der Waals surface area contributed by atoms with Crippen LogP contribution < -0.4 is 0 Å². The quantitative estimate of drug-likeness (QED) is 0.0421. The molecule has 0 rings (SSSR count). The van der Waals surface area contributed by atoms with E-state index in [1.807, 2.05) is 0 Å². The van der Waals surface area contributed by atoms with E-state index < -0.39 is 5.31 Å². The van der Waals surface area contributed by atoms with Gasteiger partial charge in [-0.15, -0.1) is 0 Å². The second-order valence-electron chi connectivity index (χ2n) is 24.5. The van der Waals surface area contributed by atoms with E-state index in [2.05, 4.69) is 27.7 Å². The molecular formula is C68H140BrP. The Morgan fingerprint density at radius 3 is 0.329 bits per heavy atom. The molecule has 0 aromatic rings. The van der Waals surface area contributed by atoms with Crippen LogP contribution in [0.5, 0.6) is 0 Å². The summed E-state index contributed by atoms with van der Waals surface area (Å²) < 4.78 is 0. The zero-order valence-electron chi connectivity index (χ0n) is 50.1. The van der Waals surface area contributed by atoms with Gasteiger partial charge in [0.15, 0.2) is 0 Å². The Morgan fingerprint density at radius 1 is 0.143 bits per heavy atom. The Labute approximate surface area is 455 Å². The minimum atomic E-state index is -1.91. The molecule has 0 aliphatic heterocycles. The van der Waals surface area contributed by atoms with Crippen molar-refractivity contribution in [3.05, 3.63) is 0 Å². The Bertz CT molecular complexity index is 783. The van der Waals surface area contributed by atoms with Gasteiger partial charge in [-0.2, -0.15) is 0 Å². The summed E-state index contributed by atoms with van der Waals surface area (Å²) in [6.07, 6.45) is 95.0. The molecule has 424 valence electrons. The molecular weight excluding hydrogens is 928 g/mol. The van der Waals surface area contributed by atoms with E-state index in [4.69, 9.17) is 15.5 Å². The van der Waals surface area contributed by atoms with Gasteiger partial charge in [-0.05, 0) is 0 Å². The van der Waals surface area contributed by atoms with Crippen molar-refractivity contribution in [1.29, 1.82) is 0 Å². The molecule has 0 atom stereocenters. The van der Waals surface area contributed by atoms with Crippen LogP contribution in [0.1, 0.15) is 413 Å². The SMILES string of the molecule is CCCCCCCCCCCCCCCCCP(Br)(CCCCCCCCCCCCCCCCC)(CCCCCCCCCCCCCCCCC)CCCCCCCCCCCCCCCCC. The van der Waals surface area contributed by atoms with Crippen molar-refractivity contribution in [2.75, 3.05) is 24.6 Å². The fourth-order valence-electron chi connectivity index (χ4n) is 12.2. The van der Waals surface area contributed by atoms with Crippen LogP contribution in [0.4, 0.5) is 0 Å². The van der Waals surface area contributed by atoms with Gasteiger partial charge in [0.05, 0.1) is 0 Å². The fraction of sp³-hybridized carbons (Fsp3) is 1.00. The average Bonchev–Trinajstić information content (AvgIpc) is 3.36. The maximum absolute atomic E-state index is 4.99. The van der Waals surface area contributed by atoms with Gasteiger partial charge >= 0.3 is 328 Å². The molecule has 0 aromatic carbocycles. The van der Waals surface area contributed by atoms with E-state index in [1.54, 1.807) is 24.6 Å². The van der Waals surface area contributed by atoms with E-state index in [0.717, 1.165) is 0 Å². The molecule has 0 radical (unpaired) electrons. The van der Waals surface area contributed by atoms with Crippen molar-refractivity contribution in [3.8, 4) is 0 Å². The number of hydrogen-bond acceptors (Lipinski definition) is 0. The molecule has 0 unspecified atom stereocenters. The van der Waals surface area contributed by atoms with Gasteiger partial charge in [-0.1, -0.05) is 130 Å². The number of rotatable bonds is 64. The number of hydrogen-bond donors (Lipinski definition) is 0. The molecule has 2 heteroatoms. The van der Waals surface area contributed by atoms with Crippen LogP contribution in [0.15, 0.2) is 0 Å². The predicted octanol–water partition coefficient (Wildman–Crippen LogP) is 27.3. The fourth-order valence-corrected chi connectivity index (χ4v) is 20.6. The first-order valence-electron chi connectivity index (χ1n) is 34.3. The van der Waals surface area contributed by atoms with Gasteiger partial charge < -0.3 is 0 Å². The zero-order chi connectivity index (χ0) is 50.7. The molecule has 0 N–H and O–H groups in total. The summed E-state index contributed by atoms with van der Waals surface area (Å²) in [6.45, 7) is 9.33. The molecule has 0 saturated heterocycles. The smallest absolute Gasteiger partial charge is 0.0654 e. The molecule has 0 saturated carbocycles. The molecule has 0 aliphatic carbocycles. The Hall–Kier alpha value is 0.910. The van der Waals surface area contributed by atoms with Crippen LogP contribution in [-0.4, -0.2) is 24.6 Å². The topological polar surface area (TPSA) is 0 Å². The predicted molar refractivity (Wildman–Crippen MR) is 335 cm³/mol. The van der Waals surface area contributed by atoms with Crippen LogP contribution >= 0.6 is 20.8 Å². The molecule has 0 bridgehead atoms. The van der Waals surface area contributed by atoms with Gasteiger partial charge in [0, 0.05) is 0 Å². The third-order valence-electron chi connectivity index (χ3n) is 17.3. The molecule has 70 heavy (non-hydrogen) atoms. The monoisotopic (exact) mass is 1070 g/mol. The summed E-state index contributed by atoms with van der Waals surface area (Å²) in [7, 11) is 0. The molecule has 0 spiro atoms. The van der Waals surface area contributed by atoms with E-state index >= 15 is 0 Å². The normalized spacial score (nSPS) is 12.6. The van der Waals surface area contributed by atoms with E-state index in [9.17, 15) is 0 Å². The first-order chi connectivity index (χ1) is 34.5. The molecule has 0 fully saturated rings. The van der Waals surface area contributed by atoms with Crippen LogP contribution in [0, 0.1) is 0 Å². The van der Waals surface area contributed by atoms with E-state index in [0.29, 0.717) is 0 Å². The van der Waals surface area contributed by atoms with Crippen molar-refractivity contribution in [2.45, 2.75) is 413 Å². The number of unbranched alkanes of at least 4 members (excludes halogenated alkanes) is 56. The van der Waals surface area contributed by atoms with Gasteiger partial charge in [-0.25, -0.2) is 0 Å². The molecule has 0 aromatic heterocycles. The van der Waals surface area contributed by atoms with E-state index in [1.165, 1.54) is 385 Å². The third-order valence-corrected chi connectivity index (χ3v) is 27.3. The summed E-state index contributed by atoms with van der Waals surface area (Å²) in [5.74, 6) is 0. The summed E-state index contributed by atoms with van der Waals surface area (Å²) in [4.78, 5) is 0. The van der Waals surface area contributed by atoms with Crippen LogP contribution in [0.2, 0.25) is 0 Å². The molecule has 0 amide bonds. The van der Waals surface area contributed by atoms with Gasteiger partial charge in [0.1, 0.15) is 0 Å².